The van der Waals surface area contributed by atoms with Crippen molar-refractivity contribution in [2.45, 2.75) is 194 Å². The molecule has 0 aromatic rings. The summed E-state index contributed by atoms with van der Waals surface area (Å²) in [6.45, 7) is 17.6. The van der Waals surface area contributed by atoms with Crippen molar-refractivity contribution in [2.24, 2.45) is 27.6 Å². The highest BCUT2D eigenvalue weighted by molar-refractivity contribution is 6.38. The monoisotopic (exact) mass is 767 g/mol. The summed E-state index contributed by atoms with van der Waals surface area (Å²) in [5, 5.41) is 12.0. The first kappa shape index (κ1) is 41.6. The molecule has 6 atom stereocenters. The molecule has 12 heteroatoms. The molecule has 55 heavy (non-hydrogen) atoms. The molecule has 2 heterocycles. The first-order valence-corrected chi connectivity index (χ1v) is 21.7. The minimum Gasteiger partial charge on any atom is -0.347 e. The van der Waals surface area contributed by atoms with E-state index in [4.69, 9.17) is 0 Å². The summed E-state index contributed by atoms with van der Waals surface area (Å²) in [4.78, 5) is 88.1. The average Bonchev–Trinajstić information content (AvgIpc) is 3.78. The number of likely N-dealkylation sites (tertiary alicyclic amines) is 2. The van der Waals surface area contributed by atoms with Gasteiger partial charge < -0.3 is 26.2 Å². The summed E-state index contributed by atoms with van der Waals surface area (Å²) in [7, 11) is 0. The highest BCUT2D eigenvalue weighted by atomic mass is 16.2. The van der Waals surface area contributed by atoms with Crippen LogP contribution in [0.1, 0.15) is 152 Å². The van der Waals surface area contributed by atoms with Gasteiger partial charge in [-0.25, -0.2) is 0 Å². The number of hydrogen-bond donors (Lipinski definition) is 4. The Morgan fingerprint density at radius 3 is 1.98 bits per heavy atom. The number of nitrogens with zero attached hydrogens (tertiary/aromatic N) is 2. The third-order valence-corrected chi connectivity index (χ3v) is 15.1. The Labute approximate surface area is 329 Å². The molecule has 2 saturated heterocycles. The number of nitrogens with one attached hydrogen (secondary N) is 4. The fourth-order valence-corrected chi connectivity index (χ4v) is 11.4. The van der Waals surface area contributed by atoms with Gasteiger partial charge in [0.05, 0.1) is 12.1 Å². The second-order valence-corrected chi connectivity index (χ2v) is 20.0. The number of rotatable bonds is 14. The van der Waals surface area contributed by atoms with Crippen molar-refractivity contribution in [1.82, 2.24) is 31.1 Å². The lowest BCUT2D eigenvalue weighted by atomic mass is 9.73. The third-order valence-electron chi connectivity index (χ3n) is 15.1. The van der Waals surface area contributed by atoms with E-state index in [0.29, 0.717) is 25.8 Å². The van der Waals surface area contributed by atoms with Crippen molar-refractivity contribution in [1.29, 1.82) is 0 Å². The van der Waals surface area contributed by atoms with E-state index in [1.54, 1.807) is 4.90 Å². The lowest BCUT2D eigenvalue weighted by Gasteiger charge is -2.38. The number of hydrogen-bond acceptors (Lipinski definition) is 7. The molecular formula is C43H70N6O6. The topological polar surface area (TPSA) is 157 Å². The average molecular weight is 767 g/mol. The molecule has 12 nitrogen and oxygen atoms in total. The molecule has 2 aliphatic heterocycles. The number of carbonyl (C=O) groups is 6. The van der Waals surface area contributed by atoms with E-state index in [1.165, 1.54) is 0 Å². The van der Waals surface area contributed by atoms with Crippen LogP contribution in [0.4, 0.5) is 0 Å². The summed E-state index contributed by atoms with van der Waals surface area (Å²) in [5.41, 5.74) is -1.04. The predicted octanol–water partition coefficient (Wildman–Crippen LogP) is 4.39. The fourth-order valence-electron chi connectivity index (χ4n) is 11.4. The van der Waals surface area contributed by atoms with E-state index in [9.17, 15) is 24.0 Å². The third kappa shape index (κ3) is 7.71. The Morgan fingerprint density at radius 1 is 0.782 bits per heavy atom. The van der Waals surface area contributed by atoms with Crippen LogP contribution < -0.4 is 21.3 Å². The molecule has 4 aliphatic carbocycles. The van der Waals surface area contributed by atoms with Crippen LogP contribution in [0.2, 0.25) is 0 Å². The van der Waals surface area contributed by atoms with Gasteiger partial charge in [-0.3, -0.25) is 33.7 Å². The van der Waals surface area contributed by atoms with Gasteiger partial charge in [-0.05, 0) is 107 Å². The molecule has 0 aromatic carbocycles. The van der Waals surface area contributed by atoms with Gasteiger partial charge in [0, 0.05) is 24.0 Å². The van der Waals surface area contributed by atoms with Crippen LogP contribution in [0.3, 0.4) is 0 Å². The molecule has 4 saturated carbocycles. The van der Waals surface area contributed by atoms with Crippen LogP contribution >= 0.6 is 0 Å². The van der Waals surface area contributed by atoms with Crippen molar-refractivity contribution in [3.05, 3.63) is 0 Å². The normalized spacial score (nSPS) is 29.0. The number of ketones is 1. The number of amides is 5. The molecule has 308 valence electrons. The van der Waals surface area contributed by atoms with Gasteiger partial charge in [-0.15, -0.1) is 0 Å². The quantitative estimate of drug-likeness (QED) is 0.191. The maximum atomic E-state index is 15.1. The second-order valence-electron chi connectivity index (χ2n) is 20.0. The van der Waals surface area contributed by atoms with Gasteiger partial charge in [0.25, 0.3) is 5.91 Å². The Hall–Kier alpha value is -3.02. The van der Waals surface area contributed by atoms with Gasteiger partial charge in [0.2, 0.25) is 29.4 Å². The first-order valence-electron chi connectivity index (χ1n) is 21.7. The van der Waals surface area contributed by atoms with Gasteiger partial charge in [-0.2, -0.15) is 0 Å². The lowest BCUT2D eigenvalue weighted by molar-refractivity contribution is -0.145. The highest BCUT2D eigenvalue weighted by Gasteiger charge is 2.85. The van der Waals surface area contributed by atoms with E-state index < -0.39 is 47.2 Å². The number of carbonyl (C=O) groups excluding carboxylic acids is 6. The van der Waals surface area contributed by atoms with Crippen molar-refractivity contribution in [3.8, 4) is 0 Å². The van der Waals surface area contributed by atoms with Crippen LogP contribution in [-0.4, -0.2) is 101 Å². The lowest BCUT2D eigenvalue weighted by Crippen LogP contribution is -2.62. The molecule has 6 aliphatic rings. The smallest absolute Gasteiger partial charge is 0.289 e. The fraction of sp³-hybridized carbons (Fsp3) is 0.860. The Kier molecular flexibility index (Phi) is 11.9. The molecule has 6 rings (SSSR count). The van der Waals surface area contributed by atoms with Gasteiger partial charge in [0.15, 0.2) is 0 Å². The van der Waals surface area contributed by atoms with E-state index in [-0.39, 0.29) is 58.0 Å². The molecular weight excluding hydrogens is 697 g/mol. The summed E-state index contributed by atoms with van der Waals surface area (Å²) < 4.78 is 0. The Bertz CT molecular complexity index is 1510. The predicted molar refractivity (Wildman–Crippen MR) is 210 cm³/mol. The second kappa shape index (κ2) is 15.7. The van der Waals surface area contributed by atoms with Crippen LogP contribution in [-0.2, 0) is 28.8 Å². The molecule has 0 bridgehead atoms. The largest absolute Gasteiger partial charge is 0.347 e. The summed E-state index contributed by atoms with van der Waals surface area (Å²) >= 11 is 0. The molecule has 2 spiro atoms. The van der Waals surface area contributed by atoms with Crippen LogP contribution in [0.15, 0.2) is 0 Å². The SMILES string of the molecule is CCC[C@H](NC(=O)C1C[C@@]2(CN1C(=O)[C@@H](NC(=O)[C@@H](NC(=O)[C@@H]1CCCN1C(C)C)C1CCCCC1)C(C)(C)C)C(C)(C)C21CCC1)C(=O)C(=O)NC1CC1. The zero-order valence-corrected chi connectivity index (χ0v) is 35.0. The van der Waals surface area contributed by atoms with Crippen LogP contribution in [0.25, 0.3) is 0 Å². The van der Waals surface area contributed by atoms with Gasteiger partial charge in [-0.1, -0.05) is 73.6 Å². The minimum atomic E-state index is -0.987. The highest BCUT2D eigenvalue weighted by Crippen LogP contribution is 2.88. The molecule has 0 aromatic heterocycles. The van der Waals surface area contributed by atoms with Gasteiger partial charge in [0.1, 0.15) is 18.1 Å². The molecule has 4 N–H and O–H groups in total. The zero-order valence-electron chi connectivity index (χ0n) is 35.0. The Balaban J connectivity index is 1.26. The minimum absolute atomic E-state index is 0.0148. The summed E-state index contributed by atoms with van der Waals surface area (Å²) in [5.74, 6) is -2.59. The number of fused-ring (bicyclic) bond motifs is 1. The van der Waals surface area contributed by atoms with Crippen molar-refractivity contribution < 1.29 is 28.8 Å². The number of Topliss-reactive ketones (excluding diaryl/α,β-unsaturated/α-hetero) is 1. The summed E-state index contributed by atoms with van der Waals surface area (Å²) in [6.07, 6.45) is 12.7. The van der Waals surface area contributed by atoms with Crippen LogP contribution in [0, 0.1) is 27.6 Å². The zero-order chi connectivity index (χ0) is 40.1. The van der Waals surface area contributed by atoms with E-state index in [1.807, 2.05) is 27.7 Å². The van der Waals surface area contributed by atoms with Crippen LogP contribution in [0.5, 0.6) is 0 Å². The molecule has 0 radical (unpaired) electrons. The van der Waals surface area contributed by atoms with Crippen molar-refractivity contribution in [2.75, 3.05) is 13.1 Å². The van der Waals surface area contributed by atoms with E-state index in [2.05, 4.69) is 53.9 Å². The van der Waals surface area contributed by atoms with Crippen molar-refractivity contribution >= 4 is 35.3 Å². The first-order chi connectivity index (χ1) is 25.9. The Morgan fingerprint density at radius 2 is 1.44 bits per heavy atom. The molecule has 6 fully saturated rings. The van der Waals surface area contributed by atoms with E-state index >= 15 is 4.79 Å². The van der Waals surface area contributed by atoms with Gasteiger partial charge >= 0.3 is 0 Å². The van der Waals surface area contributed by atoms with E-state index in [0.717, 1.165) is 83.6 Å². The molecule has 1 unspecified atom stereocenters. The molecule has 5 amide bonds. The summed E-state index contributed by atoms with van der Waals surface area (Å²) in [6, 6.07) is -3.65. The standard InChI is InChI=1S/C43H70N6O6/c1-9-15-29(33(50)38(54)44-28-19-20-28)45-36(52)31-24-43(41(7,8)42(43)21-14-22-42)25-49(31)39(55)34(40(4,5)6)47-37(53)32(27-16-11-10-12-17-27)46-35(51)30-18-13-23-48(30)26(2)3/h26-32,34H,9-25H2,1-8H3,(H,44,54)(H,45,52)(H,46,51)(H,47,53)/t29-,30-,31?,32-,34+,43+/m0/s1. The maximum Gasteiger partial charge on any atom is 0.289 e. The van der Waals surface area contributed by atoms with Crippen molar-refractivity contribution in [3.63, 3.8) is 0 Å². The maximum absolute atomic E-state index is 15.1.